The van der Waals surface area contributed by atoms with Crippen molar-refractivity contribution in [3.8, 4) is 0 Å². The van der Waals surface area contributed by atoms with Gasteiger partial charge in [-0.15, -0.1) is 0 Å². The predicted molar refractivity (Wildman–Crippen MR) is 55.1 cm³/mol. The molecule has 1 aromatic heterocycles. The zero-order valence-corrected chi connectivity index (χ0v) is 8.40. The Hall–Kier alpha value is -0.930. The Morgan fingerprint density at radius 2 is 2.36 bits per heavy atom. The molecule has 3 heteroatoms. The van der Waals surface area contributed by atoms with Crippen LogP contribution in [0.2, 0.25) is 0 Å². The van der Waals surface area contributed by atoms with E-state index < -0.39 is 0 Å². The second-order valence-corrected chi connectivity index (χ2v) is 3.81. The number of rotatable bonds is 4. The smallest absolute Gasteiger partial charge is 0.0626 e. The second kappa shape index (κ2) is 4.07. The van der Waals surface area contributed by atoms with Gasteiger partial charge in [-0.25, -0.2) is 0 Å². The van der Waals surface area contributed by atoms with Crippen LogP contribution in [0.4, 0.5) is 0 Å². The molecule has 3 nitrogen and oxygen atoms in total. The Kier molecular flexibility index (Phi) is 2.79. The molecule has 0 saturated heterocycles. The maximum atomic E-state index is 9.08. The van der Waals surface area contributed by atoms with Crippen molar-refractivity contribution in [1.29, 1.82) is 0 Å². The van der Waals surface area contributed by atoms with Crippen molar-refractivity contribution < 1.29 is 5.11 Å². The summed E-state index contributed by atoms with van der Waals surface area (Å²) in [6.45, 7) is 0.112. The van der Waals surface area contributed by atoms with Gasteiger partial charge in [-0.05, 0) is 31.5 Å². The van der Waals surface area contributed by atoms with E-state index in [4.69, 9.17) is 5.11 Å². The van der Waals surface area contributed by atoms with Crippen LogP contribution in [0.15, 0.2) is 18.3 Å². The van der Waals surface area contributed by atoms with Gasteiger partial charge in [0.05, 0.1) is 12.6 Å². The fourth-order valence-electron chi connectivity index (χ4n) is 1.61. The van der Waals surface area contributed by atoms with E-state index in [0.29, 0.717) is 5.92 Å². The lowest BCUT2D eigenvalue weighted by Gasteiger charge is -2.12. The van der Waals surface area contributed by atoms with E-state index in [0.717, 1.165) is 5.56 Å². The van der Waals surface area contributed by atoms with Crippen LogP contribution in [0.3, 0.4) is 0 Å². The average Bonchev–Trinajstić information content (AvgIpc) is 3.04. The fraction of sp³-hybridized carbons (Fsp3) is 0.545. The molecular weight excluding hydrogens is 176 g/mol. The van der Waals surface area contributed by atoms with Crippen LogP contribution in [0.5, 0.6) is 0 Å². The number of nitrogens with one attached hydrogen (secondary N) is 1. The van der Waals surface area contributed by atoms with Crippen LogP contribution in [-0.2, 0) is 0 Å². The van der Waals surface area contributed by atoms with Gasteiger partial charge in [0.1, 0.15) is 0 Å². The Labute approximate surface area is 84.2 Å². The van der Waals surface area contributed by atoms with Gasteiger partial charge in [0.2, 0.25) is 0 Å². The monoisotopic (exact) mass is 192 g/mol. The number of aliphatic hydroxyl groups excluding tert-OH is 1. The van der Waals surface area contributed by atoms with Crippen LogP contribution in [0.25, 0.3) is 0 Å². The molecule has 1 atom stereocenters. The molecule has 1 saturated carbocycles. The van der Waals surface area contributed by atoms with E-state index in [-0.39, 0.29) is 12.6 Å². The molecule has 1 aromatic rings. The van der Waals surface area contributed by atoms with Gasteiger partial charge < -0.3 is 10.4 Å². The van der Waals surface area contributed by atoms with Crippen LogP contribution in [0, 0.1) is 0 Å². The summed E-state index contributed by atoms with van der Waals surface area (Å²) in [6, 6.07) is 4.14. The van der Waals surface area contributed by atoms with Gasteiger partial charge in [0, 0.05) is 17.8 Å². The van der Waals surface area contributed by atoms with Gasteiger partial charge in [0.15, 0.2) is 0 Å². The Morgan fingerprint density at radius 1 is 1.57 bits per heavy atom. The molecule has 0 radical (unpaired) electrons. The first-order valence-electron chi connectivity index (χ1n) is 5.09. The number of aromatic nitrogens is 1. The molecule has 1 unspecified atom stereocenters. The maximum Gasteiger partial charge on any atom is 0.0626 e. The summed E-state index contributed by atoms with van der Waals surface area (Å²) in [4.78, 5) is 4.41. The average molecular weight is 192 g/mol. The lowest BCUT2D eigenvalue weighted by Crippen LogP contribution is -2.20. The van der Waals surface area contributed by atoms with Gasteiger partial charge >= 0.3 is 0 Å². The van der Waals surface area contributed by atoms with Crippen LogP contribution < -0.4 is 5.32 Å². The molecule has 1 fully saturated rings. The van der Waals surface area contributed by atoms with E-state index in [1.807, 2.05) is 13.2 Å². The van der Waals surface area contributed by atoms with Gasteiger partial charge in [-0.2, -0.15) is 0 Å². The third-order valence-corrected chi connectivity index (χ3v) is 2.74. The molecule has 0 bridgehead atoms. The van der Waals surface area contributed by atoms with E-state index in [2.05, 4.69) is 22.4 Å². The van der Waals surface area contributed by atoms with Crippen molar-refractivity contribution in [3.63, 3.8) is 0 Å². The van der Waals surface area contributed by atoms with E-state index in [1.165, 1.54) is 18.5 Å². The summed E-state index contributed by atoms with van der Waals surface area (Å²) in [6.07, 6.45) is 4.43. The summed E-state index contributed by atoms with van der Waals surface area (Å²) in [5.74, 6) is 0.700. The van der Waals surface area contributed by atoms with E-state index in [1.54, 1.807) is 0 Å². The molecule has 76 valence electrons. The van der Waals surface area contributed by atoms with Crippen molar-refractivity contribution in [3.05, 3.63) is 29.6 Å². The highest BCUT2D eigenvalue weighted by molar-refractivity contribution is 5.22. The molecule has 1 heterocycles. The first-order chi connectivity index (χ1) is 6.85. The summed E-state index contributed by atoms with van der Waals surface area (Å²) in [7, 11) is 1.84. The molecule has 0 aromatic carbocycles. The predicted octanol–water partition coefficient (Wildman–Crippen LogP) is 1.21. The first kappa shape index (κ1) is 9.62. The highest BCUT2D eigenvalue weighted by atomic mass is 16.3. The Bertz CT molecular complexity index is 289. The number of nitrogens with zero attached hydrogens (tertiary/aromatic N) is 1. The normalized spacial score (nSPS) is 18.1. The van der Waals surface area contributed by atoms with Crippen LogP contribution in [-0.4, -0.2) is 23.7 Å². The van der Waals surface area contributed by atoms with Crippen molar-refractivity contribution in [2.75, 3.05) is 13.7 Å². The molecule has 0 spiro atoms. The molecule has 2 N–H and O–H groups in total. The topological polar surface area (TPSA) is 45.1 Å². The largest absolute Gasteiger partial charge is 0.394 e. The Balaban J connectivity index is 2.11. The molecular formula is C11H16N2O. The summed E-state index contributed by atoms with van der Waals surface area (Å²) in [5, 5.41) is 12.1. The minimum atomic E-state index is 0.00996. The zero-order chi connectivity index (χ0) is 9.97. The SMILES string of the molecule is CNC(CO)c1ccc(C2CC2)nc1. The van der Waals surface area contributed by atoms with E-state index >= 15 is 0 Å². The van der Waals surface area contributed by atoms with Crippen molar-refractivity contribution in [1.82, 2.24) is 10.3 Å². The van der Waals surface area contributed by atoms with Gasteiger partial charge in [-0.1, -0.05) is 6.07 Å². The molecule has 2 rings (SSSR count). The Morgan fingerprint density at radius 3 is 2.79 bits per heavy atom. The first-order valence-corrected chi connectivity index (χ1v) is 5.09. The minimum Gasteiger partial charge on any atom is -0.394 e. The zero-order valence-electron chi connectivity index (χ0n) is 8.40. The summed E-state index contributed by atoms with van der Waals surface area (Å²) >= 11 is 0. The van der Waals surface area contributed by atoms with Crippen LogP contribution in [0.1, 0.15) is 36.1 Å². The summed E-state index contributed by atoms with van der Waals surface area (Å²) in [5.41, 5.74) is 2.25. The maximum absolute atomic E-state index is 9.08. The van der Waals surface area contributed by atoms with Gasteiger partial charge in [0.25, 0.3) is 0 Å². The molecule has 1 aliphatic rings. The minimum absolute atomic E-state index is 0.00996. The van der Waals surface area contributed by atoms with Crippen molar-refractivity contribution >= 4 is 0 Å². The highest BCUT2D eigenvalue weighted by Gasteiger charge is 2.24. The molecule has 0 amide bonds. The quantitative estimate of drug-likeness (QED) is 0.753. The van der Waals surface area contributed by atoms with Gasteiger partial charge in [-0.3, -0.25) is 4.98 Å². The molecule has 1 aliphatic carbocycles. The van der Waals surface area contributed by atoms with E-state index in [9.17, 15) is 0 Å². The van der Waals surface area contributed by atoms with Crippen molar-refractivity contribution in [2.24, 2.45) is 0 Å². The number of aliphatic hydroxyl groups is 1. The lowest BCUT2D eigenvalue weighted by atomic mass is 10.1. The lowest BCUT2D eigenvalue weighted by molar-refractivity contribution is 0.250. The van der Waals surface area contributed by atoms with Crippen molar-refractivity contribution in [2.45, 2.75) is 24.8 Å². The van der Waals surface area contributed by atoms with Crippen LogP contribution >= 0.6 is 0 Å². The third kappa shape index (κ3) is 1.94. The number of likely N-dealkylation sites (N-methyl/N-ethyl adjacent to an activating group) is 1. The third-order valence-electron chi connectivity index (χ3n) is 2.74. The fourth-order valence-corrected chi connectivity index (χ4v) is 1.61. The second-order valence-electron chi connectivity index (χ2n) is 3.81. The molecule has 0 aliphatic heterocycles. The summed E-state index contributed by atoms with van der Waals surface area (Å²) < 4.78 is 0. The standard InChI is InChI=1S/C11H16N2O/c1-12-11(7-14)9-4-5-10(13-6-9)8-2-3-8/h4-6,8,11-12,14H,2-3,7H2,1H3. The molecule has 14 heavy (non-hydrogen) atoms. The highest BCUT2D eigenvalue weighted by Crippen LogP contribution is 2.38. The number of hydrogen-bond donors (Lipinski definition) is 2. The number of hydrogen-bond acceptors (Lipinski definition) is 3. The number of pyridine rings is 1.